The van der Waals surface area contributed by atoms with Crippen molar-refractivity contribution in [2.45, 2.75) is 161 Å². The van der Waals surface area contributed by atoms with E-state index in [1.807, 2.05) is 21.1 Å². The summed E-state index contributed by atoms with van der Waals surface area (Å²) in [6, 6.07) is 0. The molecule has 0 amide bonds. The Kier molecular flexibility index (Phi) is 31.5. The maximum absolute atomic E-state index is 12.6. The van der Waals surface area contributed by atoms with Gasteiger partial charge in [0.2, 0.25) is 0 Å². The number of allylic oxidation sites excluding steroid dienone is 4. The smallest absolute Gasteiger partial charge is 0.457 e. The second-order valence-electron chi connectivity index (χ2n) is 14.0. The number of phosphoric ester groups is 1. The highest BCUT2D eigenvalue weighted by Gasteiger charge is 2.26. The molecule has 0 rings (SSSR count). The highest BCUT2D eigenvalue weighted by molar-refractivity contribution is 7.47. The summed E-state index contributed by atoms with van der Waals surface area (Å²) in [4.78, 5) is 22.7. The van der Waals surface area contributed by atoms with E-state index < -0.39 is 13.9 Å². The molecule has 47 heavy (non-hydrogen) atoms. The molecule has 0 aromatic rings. The molecule has 0 saturated carbocycles. The summed E-state index contributed by atoms with van der Waals surface area (Å²) in [6.07, 6.45) is 33.4. The molecular weight excluding hydrogens is 613 g/mol. The van der Waals surface area contributed by atoms with Crippen molar-refractivity contribution in [3.05, 3.63) is 24.3 Å². The standard InChI is InChI=1S/C38H74NO7P/c1-6-8-10-12-14-16-18-20-21-23-25-27-29-31-38(40)46-37(36-45-47(41,42)44-34-32-39(3,4)5)35-43-33-30-28-26-24-22-19-17-15-13-11-9-7-2/h10,12,16,18,37H,6-9,11,13-15,17,19-36H2,1-5H3/p+1/b12-10-,18-16-. The molecular formula is C38H75NO7P+. The summed E-state index contributed by atoms with van der Waals surface area (Å²) >= 11 is 0. The average Bonchev–Trinajstić information content (AvgIpc) is 3.01. The fraction of sp³-hybridized carbons (Fsp3) is 0.868. The van der Waals surface area contributed by atoms with E-state index in [2.05, 4.69) is 38.2 Å². The maximum Gasteiger partial charge on any atom is 0.472 e. The first-order chi connectivity index (χ1) is 22.6. The van der Waals surface area contributed by atoms with Crippen molar-refractivity contribution in [2.24, 2.45) is 0 Å². The number of esters is 1. The first-order valence-corrected chi connectivity index (χ1v) is 20.6. The Morgan fingerprint density at radius 1 is 0.660 bits per heavy atom. The summed E-state index contributed by atoms with van der Waals surface area (Å²) in [5, 5.41) is 0. The van der Waals surface area contributed by atoms with Crippen molar-refractivity contribution in [1.29, 1.82) is 0 Å². The van der Waals surface area contributed by atoms with Crippen LogP contribution in [0.15, 0.2) is 24.3 Å². The monoisotopic (exact) mass is 689 g/mol. The summed E-state index contributed by atoms with van der Waals surface area (Å²) in [7, 11) is 1.66. The van der Waals surface area contributed by atoms with Gasteiger partial charge in [0, 0.05) is 13.0 Å². The van der Waals surface area contributed by atoms with Crippen molar-refractivity contribution in [1.82, 2.24) is 0 Å². The molecule has 0 spiro atoms. The van der Waals surface area contributed by atoms with Gasteiger partial charge in [-0.1, -0.05) is 134 Å². The molecule has 278 valence electrons. The lowest BCUT2D eigenvalue weighted by atomic mass is 10.1. The second-order valence-corrected chi connectivity index (χ2v) is 15.4. The van der Waals surface area contributed by atoms with Gasteiger partial charge >= 0.3 is 13.8 Å². The maximum atomic E-state index is 12.6. The first kappa shape index (κ1) is 46.0. The van der Waals surface area contributed by atoms with Gasteiger partial charge in [0.25, 0.3) is 0 Å². The second kappa shape index (κ2) is 32.2. The third-order valence-electron chi connectivity index (χ3n) is 8.00. The number of rotatable bonds is 35. The zero-order valence-corrected chi connectivity index (χ0v) is 32.2. The quantitative estimate of drug-likeness (QED) is 0.0233. The van der Waals surface area contributed by atoms with Crippen LogP contribution in [0.1, 0.15) is 155 Å². The van der Waals surface area contributed by atoms with Gasteiger partial charge in [-0.25, -0.2) is 4.57 Å². The van der Waals surface area contributed by atoms with E-state index in [1.165, 1.54) is 70.6 Å². The number of phosphoric acid groups is 1. The van der Waals surface area contributed by atoms with Crippen LogP contribution >= 0.6 is 7.82 Å². The predicted molar refractivity (Wildman–Crippen MR) is 197 cm³/mol. The molecule has 0 aromatic carbocycles. The van der Waals surface area contributed by atoms with E-state index in [4.69, 9.17) is 18.5 Å². The van der Waals surface area contributed by atoms with Crippen LogP contribution in [0, 0.1) is 0 Å². The van der Waals surface area contributed by atoms with E-state index in [-0.39, 0.29) is 25.8 Å². The minimum atomic E-state index is -4.27. The molecule has 1 N–H and O–H groups in total. The molecule has 0 heterocycles. The van der Waals surface area contributed by atoms with Gasteiger partial charge in [-0.15, -0.1) is 0 Å². The van der Waals surface area contributed by atoms with Crippen LogP contribution < -0.4 is 0 Å². The topological polar surface area (TPSA) is 91.3 Å². The molecule has 0 fully saturated rings. The highest BCUT2D eigenvalue weighted by Crippen LogP contribution is 2.43. The highest BCUT2D eigenvalue weighted by atomic mass is 31.2. The van der Waals surface area contributed by atoms with Crippen molar-refractivity contribution in [3.8, 4) is 0 Å². The van der Waals surface area contributed by atoms with Gasteiger partial charge in [-0.2, -0.15) is 0 Å². The van der Waals surface area contributed by atoms with E-state index in [1.54, 1.807) is 0 Å². The Morgan fingerprint density at radius 2 is 1.21 bits per heavy atom. The van der Waals surface area contributed by atoms with E-state index in [0.29, 0.717) is 24.1 Å². The zero-order valence-electron chi connectivity index (χ0n) is 31.3. The molecule has 9 heteroatoms. The number of carbonyl (C=O) groups excluding carboxylic acids is 1. The Morgan fingerprint density at radius 3 is 1.81 bits per heavy atom. The lowest BCUT2D eigenvalue weighted by Gasteiger charge is -2.24. The van der Waals surface area contributed by atoms with E-state index in [0.717, 1.165) is 64.2 Å². The molecule has 0 bridgehead atoms. The van der Waals surface area contributed by atoms with E-state index >= 15 is 0 Å². The number of unbranched alkanes of at least 4 members (excludes halogenated alkanes) is 17. The molecule has 0 saturated heterocycles. The SMILES string of the molecule is CCC/C=C\C/C=C\CCCCCCCC(=O)OC(COCCCCCCCCCCCCCC)COP(=O)(O)OCC[N+](C)(C)C. The van der Waals surface area contributed by atoms with Crippen LogP contribution in [0.3, 0.4) is 0 Å². The number of hydrogen-bond donors (Lipinski definition) is 1. The number of ether oxygens (including phenoxy) is 2. The minimum absolute atomic E-state index is 0.0872. The van der Waals surface area contributed by atoms with Crippen molar-refractivity contribution >= 4 is 13.8 Å². The number of carbonyl (C=O) groups is 1. The third kappa shape index (κ3) is 36.1. The summed E-state index contributed by atoms with van der Waals surface area (Å²) in [5.74, 6) is -0.328. The summed E-state index contributed by atoms with van der Waals surface area (Å²) in [6.45, 7) is 5.54. The number of hydrogen-bond acceptors (Lipinski definition) is 6. The molecule has 8 nitrogen and oxygen atoms in total. The van der Waals surface area contributed by atoms with Crippen LogP contribution in [0.25, 0.3) is 0 Å². The van der Waals surface area contributed by atoms with Crippen LogP contribution in [0.4, 0.5) is 0 Å². The van der Waals surface area contributed by atoms with Crippen molar-refractivity contribution < 1.29 is 37.3 Å². The Balaban J connectivity index is 4.32. The lowest BCUT2D eigenvalue weighted by Crippen LogP contribution is -2.37. The number of likely N-dealkylation sites (N-methyl/N-ethyl adjacent to an activating group) is 1. The van der Waals surface area contributed by atoms with Crippen LogP contribution in [-0.4, -0.2) is 75.6 Å². The number of quaternary nitrogens is 1. The van der Waals surface area contributed by atoms with Gasteiger partial charge < -0.3 is 18.9 Å². The Labute approximate surface area is 290 Å². The molecule has 2 atom stereocenters. The van der Waals surface area contributed by atoms with Gasteiger partial charge in [-0.05, 0) is 38.5 Å². The van der Waals surface area contributed by atoms with Gasteiger partial charge in [-0.3, -0.25) is 13.8 Å². The largest absolute Gasteiger partial charge is 0.472 e. The molecule has 0 aliphatic carbocycles. The van der Waals surface area contributed by atoms with Gasteiger partial charge in [0.05, 0.1) is 34.4 Å². The Bertz CT molecular complexity index is 812. The molecule has 0 radical (unpaired) electrons. The molecule has 0 aromatic heterocycles. The third-order valence-corrected chi connectivity index (χ3v) is 8.98. The van der Waals surface area contributed by atoms with Gasteiger partial charge in [0.1, 0.15) is 19.3 Å². The minimum Gasteiger partial charge on any atom is -0.457 e. The predicted octanol–water partition coefficient (Wildman–Crippen LogP) is 10.5. The summed E-state index contributed by atoms with van der Waals surface area (Å²) in [5.41, 5.74) is 0. The molecule has 0 aliphatic heterocycles. The van der Waals surface area contributed by atoms with Crippen LogP contribution in [0.5, 0.6) is 0 Å². The summed E-state index contributed by atoms with van der Waals surface area (Å²) < 4.78 is 34.8. The van der Waals surface area contributed by atoms with Crippen molar-refractivity contribution in [2.75, 3.05) is 54.1 Å². The van der Waals surface area contributed by atoms with Crippen LogP contribution in [-0.2, 0) is 27.9 Å². The molecule has 0 aliphatic rings. The fourth-order valence-corrected chi connectivity index (χ4v) is 5.74. The van der Waals surface area contributed by atoms with Crippen LogP contribution in [0.2, 0.25) is 0 Å². The molecule has 2 unspecified atom stereocenters. The zero-order chi connectivity index (χ0) is 34.9. The first-order valence-electron chi connectivity index (χ1n) is 19.1. The lowest BCUT2D eigenvalue weighted by molar-refractivity contribution is -0.870. The fourth-order valence-electron chi connectivity index (χ4n) is 5.00. The normalized spacial score (nSPS) is 14.3. The van der Waals surface area contributed by atoms with Gasteiger partial charge in [0.15, 0.2) is 0 Å². The van der Waals surface area contributed by atoms with Crippen molar-refractivity contribution in [3.63, 3.8) is 0 Å². The number of nitrogens with zero attached hydrogens (tertiary/aromatic N) is 1. The Hall–Kier alpha value is -1.02. The van der Waals surface area contributed by atoms with E-state index in [9.17, 15) is 14.3 Å². The average molecular weight is 689 g/mol.